The van der Waals surface area contributed by atoms with E-state index in [9.17, 15) is 0 Å². The molecule has 1 heterocycles. The molecule has 1 atom stereocenters. The fourth-order valence-corrected chi connectivity index (χ4v) is 2.01. The summed E-state index contributed by atoms with van der Waals surface area (Å²) >= 11 is 2.22. The molecule has 1 aliphatic carbocycles. The number of hydrogen-bond donors (Lipinski definition) is 1. The van der Waals surface area contributed by atoms with E-state index < -0.39 is 0 Å². The van der Waals surface area contributed by atoms with Crippen molar-refractivity contribution in [3.8, 4) is 0 Å². The van der Waals surface area contributed by atoms with E-state index in [1.807, 2.05) is 10.9 Å². The van der Waals surface area contributed by atoms with E-state index >= 15 is 0 Å². The minimum Gasteiger partial charge on any atom is -0.383 e. The predicted molar refractivity (Wildman–Crippen MR) is 61.4 cm³/mol. The summed E-state index contributed by atoms with van der Waals surface area (Å²) in [5, 5.41) is 4.28. The second kappa shape index (κ2) is 3.48. The summed E-state index contributed by atoms with van der Waals surface area (Å²) in [5.74, 6) is 1.74. The number of nitrogens with zero attached hydrogens (tertiary/aromatic N) is 2. The lowest BCUT2D eigenvalue weighted by atomic mass is 10.2. The van der Waals surface area contributed by atoms with Gasteiger partial charge in [-0.1, -0.05) is 12.8 Å². The van der Waals surface area contributed by atoms with Crippen molar-refractivity contribution in [2.45, 2.75) is 32.2 Å². The highest BCUT2D eigenvalue weighted by Crippen LogP contribution is 2.37. The Morgan fingerprint density at radius 1 is 1.77 bits per heavy atom. The van der Waals surface area contributed by atoms with Crippen molar-refractivity contribution in [1.29, 1.82) is 0 Å². The third kappa shape index (κ3) is 1.98. The molecule has 0 aliphatic heterocycles. The van der Waals surface area contributed by atoms with Crippen LogP contribution in [0, 0.1) is 9.49 Å². The maximum atomic E-state index is 5.89. The van der Waals surface area contributed by atoms with E-state index in [2.05, 4.69) is 34.6 Å². The molecule has 1 saturated carbocycles. The molecule has 1 fully saturated rings. The number of rotatable bonds is 3. The van der Waals surface area contributed by atoms with Gasteiger partial charge in [-0.25, -0.2) is 4.68 Å². The van der Waals surface area contributed by atoms with Gasteiger partial charge in [0.25, 0.3) is 0 Å². The standard InChI is InChI=1S/C9H14IN3/c1-6(4-7-2-3-7)13-9(11)8(10)5-12-13/h5-7H,2-4,11H2,1H3. The van der Waals surface area contributed by atoms with Gasteiger partial charge in [0.1, 0.15) is 5.82 Å². The van der Waals surface area contributed by atoms with E-state index in [0.717, 1.165) is 15.3 Å². The fourth-order valence-electron chi connectivity index (χ4n) is 1.64. The number of nitrogen functional groups attached to an aromatic ring is 1. The van der Waals surface area contributed by atoms with Crippen LogP contribution in [-0.2, 0) is 0 Å². The SMILES string of the molecule is CC(CC1CC1)n1ncc(I)c1N. The molecule has 1 aromatic rings. The molecule has 1 aromatic heterocycles. The Balaban J connectivity index is 2.09. The summed E-state index contributed by atoms with van der Waals surface area (Å²) in [6, 6.07) is 0.455. The van der Waals surface area contributed by atoms with Gasteiger partial charge in [0.05, 0.1) is 15.8 Å². The zero-order valence-corrected chi connectivity index (χ0v) is 9.86. The zero-order valence-electron chi connectivity index (χ0n) is 7.70. The average Bonchev–Trinajstić information content (AvgIpc) is 2.82. The van der Waals surface area contributed by atoms with E-state index in [-0.39, 0.29) is 0 Å². The molecule has 1 unspecified atom stereocenters. The van der Waals surface area contributed by atoms with Crippen molar-refractivity contribution in [1.82, 2.24) is 9.78 Å². The Hall–Kier alpha value is -0.260. The Bertz CT molecular complexity index is 304. The molecule has 0 aromatic carbocycles. The number of hydrogen-bond acceptors (Lipinski definition) is 2. The first-order chi connectivity index (χ1) is 6.18. The molecule has 13 heavy (non-hydrogen) atoms. The largest absolute Gasteiger partial charge is 0.383 e. The molecule has 1 aliphatic rings. The zero-order chi connectivity index (χ0) is 9.42. The summed E-state index contributed by atoms with van der Waals surface area (Å²) < 4.78 is 3.00. The summed E-state index contributed by atoms with van der Waals surface area (Å²) in [6.45, 7) is 2.19. The van der Waals surface area contributed by atoms with Crippen molar-refractivity contribution in [2.24, 2.45) is 5.92 Å². The van der Waals surface area contributed by atoms with Gasteiger partial charge >= 0.3 is 0 Å². The van der Waals surface area contributed by atoms with Crippen LogP contribution < -0.4 is 5.73 Å². The van der Waals surface area contributed by atoms with Gasteiger partial charge in [0, 0.05) is 0 Å². The van der Waals surface area contributed by atoms with Crippen molar-refractivity contribution in [2.75, 3.05) is 5.73 Å². The normalized spacial score (nSPS) is 18.9. The molecule has 0 bridgehead atoms. The van der Waals surface area contributed by atoms with E-state index in [4.69, 9.17) is 5.73 Å². The van der Waals surface area contributed by atoms with Gasteiger partial charge in [-0.05, 0) is 41.9 Å². The maximum Gasteiger partial charge on any atom is 0.135 e. The topological polar surface area (TPSA) is 43.8 Å². The minimum atomic E-state index is 0.455. The van der Waals surface area contributed by atoms with E-state index in [1.54, 1.807) is 0 Å². The van der Waals surface area contributed by atoms with E-state index in [0.29, 0.717) is 6.04 Å². The second-order valence-corrected chi connectivity index (χ2v) is 5.01. The lowest BCUT2D eigenvalue weighted by molar-refractivity contribution is 0.442. The number of halogens is 1. The monoisotopic (exact) mass is 291 g/mol. The van der Waals surface area contributed by atoms with Crippen molar-refractivity contribution >= 4 is 28.4 Å². The van der Waals surface area contributed by atoms with Crippen LogP contribution in [0.1, 0.15) is 32.2 Å². The van der Waals surface area contributed by atoms with Gasteiger partial charge in [0.2, 0.25) is 0 Å². The first-order valence-corrected chi connectivity index (χ1v) is 5.75. The van der Waals surface area contributed by atoms with Crippen LogP contribution in [0.3, 0.4) is 0 Å². The molecule has 72 valence electrons. The van der Waals surface area contributed by atoms with Crippen molar-refractivity contribution in [3.63, 3.8) is 0 Å². The third-order valence-electron chi connectivity index (χ3n) is 2.58. The number of aromatic nitrogens is 2. The fraction of sp³-hybridized carbons (Fsp3) is 0.667. The van der Waals surface area contributed by atoms with Gasteiger partial charge in [0.15, 0.2) is 0 Å². The predicted octanol–water partition coefficient (Wildman–Crippen LogP) is 2.43. The quantitative estimate of drug-likeness (QED) is 0.869. The number of nitrogens with two attached hydrogens (primary N) is 1. The summed E-state index contributed by atoms with van der Waals surface area (Å²) in [5.41, 5.74) is 5.89. The van der Waals surface area contributed by atoms with Crippen LogP contribution in [-0.4, -0.2) is 9.78 Å². The highest BCUT2D eigenvalue weighted by molar-refractivity contribution is 14.1. The highest BCUT2D eigenvalue weighted by atomic mass is 127. The summed E-state index contributed by atoms with van der Waals surface area (Å²) in [6.07, 6.45) is 5.84. The molecule has 0 radical (unpaired) electrons. The van der Waals surface area contributed by atoms with Crippen LogP contribution in [0.4, 0.5) is 5.82 Å². The van der Waals surface area contributed by atoms with Crippen LogP contribution in [0.15, 0.2) is 6.20 Å². The molecule has 0 amide bonds. The maximum absolute atomic E-state index is 5.89. The molecule has 2 N–H and O–H groups in total. The first kappa shape index (κ1) is 9.30. The van der Waals surface area contributed by atoms with Crippen LogP contribution in [0.2, 0.25) is 0 Å². The minimum absolute atomic E-state index is 0.455. The van der Waals surface area contributed by atoms with Crippen LogP contribution in [0.5, 0.6) is 0 Å². The molecule has 0 saturated heterocycles. The van der Waals surface area contributed by atoms with Crippen LogP contribution in [0.25, 0.3) is 0 Å². The van der Waals surface area contributed by atoms with E-state index in [1.165, 1.54) is 19.3 Å². The van der Waals surface area contributed by atoms with Gasteiger partial charge in [-0.15, -0.1) is 0 Å². The third-order valence-corrected chi connectivity index (χ3v) is 3.41. The van der Waals surface area contributed by atoms with Gasteiger partial charge < -0.3 is 5.73 Å². The first-order valence-electron chi connectivity index (χ1n) is 4.67. The Morgan fingerprint density at radius 2 is 2.46 bits per heavy atom. The summed E-state index contributed by atoms with van der Waals surface area (Å²) in [4.78, 5) is 0. The second-order valence-electron chi connectivity index (χ2n) is 3.85. The lowest BCUT2D eigenvalue weighted by Crippen LogP contribution is -2.11. The Morgan fingerprint density at radius 3 is 2.92 bits per heavy atom. The smallest absolute Gasteiger partial charge is 0.135 e. The number of anilines is 1. The molecule has 4 heteroatoms. The average molecular weight is 291 g/mol. The van der Waals surface area contributed by atoms with Crippen LogP contribution >= 0.6 is 22.6 Å². The molecule has 0 spiro atoms. The summed E-state index contributed by atoms with van der Waals surface area (Å²) in [7, 11) is 0. The molecule has 3 nitrogen and oxygen atoms in total. The Labute approximate surface area is 91.8 Å². The van der Waals surface area contributed by atoms with Gasteiger partial charge in [-0.3, -0.25) is 0 Å². The lowest BCUT2D eigenvalue weighted by Gasteiger charge is -2.12. The molecular weight excluding hydrogens is 277 g/mol. The van der Waals surface area contributed by atoms with Gasteiger partial charge in [-0.2, -0.15) is 5.10 Å². The van der Waals surface area contributed by atoms with Crippen molar-refractivity contribution < 1.29 is 0 Å². The Kier molecular flexibility index (Phi) is 2.49. The van der Waals surface area contributed by atoms with Crippen molar-refractivity contribution in [3.05, 3.63) is 9.77 Å². The molecule has 2 rings (SSSR count). The highest BCUT2D eigenvalue weighted by Gasteiger charge is 2.25. The molecular formula is C9H14IN3.